The Morgan fingerprint density at radius 3 is 1.79 bits per heavy atom. The molecule has 0 radical (unpaired) electrons. The Balaban J connectivity index is 4.08. The molecule has 0 saturated carbocycles. The van der Waals surface area contributed by atoms with Crippen molar-refractivity contribution in [2.24, 2.45) is 11.8 Å². The van der Waals surface area contributed by atoms with E-state index in [0.717, 1.165) is 25.7 Å². The molecule has 86 valence electrons. The minimum Gasteiger partial charge on any atom is -0.393 e. The molecule has 0 aliphatic heterocycles. The first-order chi connectivity index (χ1) is 6.52. The van der Waals surface area contributed by atoms with Crippen LogP contribution < -0.4 is 0 Å². The number of rotatable bonds is 7. The SMILES string of the molecule is CCC(CCC(C)O)C(CC)C(C)O. The fourth-order valence-electron chi connectivity index (χ4n) is 2.24. The van der Waals surface area contributed by atoms with Crippen molar-refractivity contribution in [1.82, 2.24) is 0 Å². The van der Waals surface area contributed by atoms with E-state index >= 15 is 0 Å². The molecule has 0 aliphatic rings. The van der Waals surface area contributed by atoms with Crippen molar-refractivity contribution >= 4 is 0 Å². The van der Waals surface area contributed by atoms with Crippen LogP contribution in [0.1, 0.15) is 53.4 Å². The summed E-state index contributed by atoms with van der Waals surface area (Å²) < 4.78 is 0. The number of hydrogen-bond donors (Lipinski definition) is 2. The molecule has 0 bridgehead atoms. The summed E-state index contributed by atoms with van der Waals surface area (Å²) in [5.41, 5.74) is 0. The third kappa shape index (κ3) is 4.97. The van der Waals surface area contributed by atoms with Gasteiger partial charge >= 0.3 is 0 Å². The van der Waals surface area contributed by atoms with E-state index in [4.69, 9.17) is 0 Å². The first-order valence-corrected chi connectivity index (χ1v) is 5.88. The minimum absolute atomic E-state index is 0.212. The second-order valence-corrected chi connectivity index (χ2v) is 4.41. The molecule has 4 unspecified atom stereocenters. The van der Waals surface area contributed by atoms with E-state index in [1.807, 2.05) is 13.8 Å². The van der Waals surface area contributed by atoms with E-state index in [-0.39, 0.29) is 12.2 Å². The van der Waals surface area contributed by atoms with Gasteiger partial charge in [0.05, 0.1) is 12.2 Å². The van der Waals surface area contributed by atoms with Crippen LogP contribution in [-0.2, 0) is 0 Å². The van der Waals surface area contributed by atoms with Gasteiger partial charge in [-0.3, -0.25) is 0 Å². The highest BCUT2D eigenvalue weighted by Gasteiger charge is 2.22. The summed E-state index contributed by atoms with van der Waals surface area (Å²) in [5, 5.41) is 18.8. The molecule has 0 rings (SSSR count). The first-order valence-electron chi connectivity index (χ1n) is 5.88. The van der Waals surface area contributed by atoms with Gasteiger partial charge in [0, 0.05) is 0 Å². The van der Waals surface area contributed by atoms with Crippen LogP contribution in [0.5, 0.6) is 0 Å². The smallest absolute Gasteiger partial charge is 0.0542 e. The molecule has 0 spiro atoms. The number of aliphatic hydroxyl groups is 2. The van der Waals surface area contributed by atoms with Gasteiger partial charge in [-0.2, -0.15) is 0 Å². The normalized spacial score (nSPS) is 20.1. The molecule has 0 amide bonds. The summed E-state index contributed by atoms with van der Waals surface area (Å²) >= 11 is 0. The molecule has 14 heavy (non-hydrogen) atoms. The highest BCUT2D eigenvalue weighted by atomic mass is 16.3. The zero-order chi connectivity index (χ0) is 11.1. The topological polar surface area (TPSA) is 40.5 Å². The van der Waals surface area contributed by atoms with Gasteiger partial charge in [0.2, 0.25) is 0 Å². The van der Waals surface area contributed by atoms with Gasteiger partial charge in [-0.25, -0.2) is 0 Å². The van der Waals surface area contributed by atoms with Crippen LogP contribution in [0.2, 0.25) is 0 Å². The van der Waals surface area contributed by atoms with Crippen molar-refractivity contribution in [3.05, 3.63) is 0 Å². The summed E-state index contributed by atoms with van der Waals surface area (Å²) in [7, 11) is 0. The average molecular weight is 202 g/mol. The van der Waals surface area contributed by atoms with Crippen molar-refractivity contribution in [3.63, 3.8) is 0 Å². The van der Waals surface area contributed by atoms with Crippen molar-refractivity contribution in [2.75, 3.05) is 0 Å². The number of aliphatic hydroxyl groups excluding tert-OH is 2. The zero-order valence-electron chi connectivity index (χ0n) is 10.0. The van der Waals surface area contributed by atoms with Gasteiger partial charge in [-0.15, -0.1) is 0 Å². The third-order valence-corrected chi connectivity index (χ3v) is 3.18. The molecule has 0 saturated heterocycles. The average Bonchev–Trinajstić information content (AvgIpc) is 2.10. The van der Waals surface area contributed by atoms with E-state index in [0.29, 0.717) is 11.8 Å². The highest BCUT2D eigenvalue weighted by Crippen LogP contribution is 2.27. The zero-order valence-corrected chi connectivity index (χ0v) is 10.0. The van der Waals surface area contributed by atoms with Crippen molar-refractivity contribution in [3.8, 4) is 0 Å². The van der Waals surface area contributed by atoms with Crippen LogP contribution in [-0.4, -0.2) is 22.4 Å². The molecule has 0 aromatic heterocycles. The maximum Gasteiger partial charge on any atom is 0.0542 e. The second kappa shape index (κ2) is 7.24. The van der Waals surface area contributed by atoms with Gasteiger partial charge in [0.25, 0.3) is 0 Å². The lowest BCUT2D eigenvalue weighted by atomic mass is 9.81. The van der Waals surface area contributed by atoms with Gasteiger partial charge in [-0.1, -0.05) is 26.7 Å². The first kappa shape index (κ1) is 13.9. The summed E-state index contributed by atoms with van der Waals surface area (Å²) in [4.78, 5) is 0. The van der Waals surface area contributed by atoms with Gasteiger partial charge < -0.3 is 10.2 Å². The Morgan fingerprint density at radius 1 is 0.929 bits per heavy atom. The number of hydrogen-bond acceptors (Lipinski definition) is 2. The third-order valence-electron chi connectivity index (χ3n) is 3.18. The summed E-state index contributed by atoms with van der Waals surface area (Å²) in [6.45, 7) is 8.00. The maximum atomic E-state index is 9.62. The van der Waals surface area contributed by atoms with Crippen LogP contribution in [0.15, 0.2) is 0 Å². The second-order valence-electron chi connectivity index (χ2n) is 4.41. The molecule has 2 N–H and O–H groups in total. The van der Waals surface area contributed by atoms with Crippen LogP contribution in [0.3, 0.4) is 0 Å². The standard InChI is InChI=1S/C12H26O2/c1-5-11(8-7-9(3)13)12(6-2)10(4)14/h9-14H,5-8H2,1-4H3. The highest BCUT2D eigenvalue weighted by molar-refractivity contribution is 4.73. The van der Waals surface area contributed by atoms with E-state index in [9.17, 15) is 10.2 Å². The van der Waals surface area contributed by atoms with Gasteiger partial charge in [0.15, 0.2) is 0 Å². The van der Waals surface area contributed by atoms with Crippen LogP contribution in [0.25, 0.3) is 0 Å². The fraction of sp³-hybridized carbons (Fsp3) is 1.00. The molecule has 0 fully saturated rings. The van der Waals surface area contributed by atoms with Crippen LogP contribution in [0.4, 0.5) is 0 Å². The monoisotopic (exact) mass is 202 g/mol. The Labute approximate surface area is 88.3 Å². The summed E-state index contributed by atoms with van der Waals surface area (Å²) in [5.74, 6) is 0.938. The molecule has 0 aromatic rings. The Morgan fingerprint density at radius 2 is 1.50 bits per heavy atom. The molecule has 4 atom stereocenters. The summed E-state index contributed by atoms with van der Waals surface area (Å²) in [6, 6.07) is 0. The Hall–Kier alpha value is -0.0800. The summed E-state index contributed by atoms with van der Waals surface area (Å²) in [6.07, 6.45) is 3.56. The van der Waals surface area contributed by atoms with Gasteiger partial charge in [-0.05, 0) is 38.5 Å². The van der Waals surface area contributed by atoms with E-state index in [1.54, 1.807) is 0 Å². The predicted octanol–water partition coefficient (Wildman–Crippen LogP) is 2.58. The van der Waals surface area contributed by atoms with Crippen molar-refractivity contribution in [2.45, 2.75) is 65.6 Å². The van der Waals surface area contributed by atoms with E-state index < -0.39 is 0 Å². The predicted molar refractivity (Wildman–Crippen MR) is 60.2 cm³/mol. The van der Waals surface area contributed by atoms with Crippen LogP contribution >= 0.6 is 0 Å². The molecule has 0 heterocycles. The lowest BCUT2D eigenvalue weighted by Gasteiger charge is -2.28. The van der Waals surface area contributed by atoms with Crippen LogP contribution in [0, 0.1) is 11.8 Å². The molecule has 2 heteroatoms. The maximum absolute atomic E-state index is 9.62. The van der Waals surface area contributed by atoms with E-state index in [1.165, 1.54) is 0 Å². The molecular weight excluding hydrogens is 176 g/mol. The van der Waals surface area contributed by atoms with E-state index in [2.05, 4.69) is 13.8 Å². The molecule has 2 nitrogen and oxygen atoms in total. The van der Waals surface area contributed by atoms with Gasteiger partial charge in [0.1, 0.15) is 0 Å². The van der Waals surface area contributed by atoms with Crippen molar-refractivity contribution < 1.29 is 10.2 Å². The fourth-order valence-corrected chi connectivity index (χ4v) is 2.24. The lowest BCUT2D eigenvalue weighted by Crippen LogP contribution is -2.25. The lowest BCUT2D eigenvalue weighted by molar-refractivity contribution is 0.0714. The Bertz CT molecular complexity index is 132. The van der Waals surface area contributed by atoms with Crippen molar-refractivity contribution in [1.29, 1.82) is 0 Å². The largest absolute Gasteiger partial charge is 0.393 e. The molecule has 0 aromatic carbocycles. The minimum atomic E-state index is -0.223. The molecule has 0 aliphatic carbocycles. The molecular formula is C12H26O2. The quantitative estimate of drug-likeness (QED) is 0.666. The Kier molecular flexibility index (Phi) is 7.20.